The standard InChI is InChI=1S/C14H22ClN3O/c1-11(12-7-3-4-8-13(12)15)18(2)10-6-5-9-14(19)17-16/h3-4,7-8,11H,5-6,9-10,16H2,1-2H3,(H,17,19). The number of carbonyl (C=O) groups is 1. The summed E-state index contributed by atoms with van der Waals surface area (Å²) in [5, 5.41) is 0.796. The van der Waals surface area contributed by atoms with Gasteiger partial charge in [0.1, 0.15) is 0 Å². The van der Waals surface area contributed by atoms with E-state index in [9.17, 15) is 4.79 Å². The van der Waals surface area contributed by atoms with E-state index >= 15 is 0 Å². The van der Waals surface area contributed by atoms with Gasteiger partial charge in [0.25, 0.3) is 0 Å². The summed E-state index contributed by atoms with van der Waals surface area (Å²) in [6.07, 6.45) is 2.27. The minimum atomic E-state index is -0.109. The summed E-state index contributed by atoms with van der Waals surface area (Å²) in [5.41, 5.74) is 3.27. The fourth-order valence-corrected chi connectivity index (χ4v) is 2.26. The van der Waals surface area contributed by atoms with Gasteiger partial charge in [-0.2, -0.15) is 0 Å². The minimum Gasteiger partial charge on any atom is -0.300 e. The van der Waals surface area contributed by atoms with Crippen LogP contribution in [0.25, 0.3) is 0 Å². The number of benzene rings is 1. The highest BCUT2D eigenvalue weighted by Gasteiger charge is 2.13. The Balaban J connectivity index is 2.39. The third kappa shape index (κ3) is 5.19. The molecule has 0 aliphatic rings. The van der Waals surface area contributed by atoms with E-state index < -0.39 is 0 Å². The zero-order chi connectivity index (χ0) is 14.3. The van der Waals surface area contributed by atoms with Crippen LogP contribution in [0.15, 0.2) is 24.3 Å². The first-order chi connectivity index (χ1) is 9.06. The van der Waals surface area contributed by atoms with Crippen LogP contribution in [0, 0.1) is 0 Å². The average molecular weight is 284 g/mol. The van der Waals surface area contributed by atoms with Crippen molar-refractivity contribution in [3.05, 3.63) is 34.9 Å². The maximum atomic E-state index is 11.0. The Bertz CT molecular complexity index is 411. The van der Waals surface area contributed by atoms with Crippen molar-refractivity contribution in [1.29, 1.82) is 0 Å². The van der Waals surface area contributed by atoms with Gasteiger partial charge in [0.2, 0.25) is 5.91 Å². The molecular weight excluding hydrogens is 262 g/mol. The first-order valence-electron chi connectivity index (χ1n) is 6.50. The third-order valence-corrected chi connectivity index (χ3v) is 3.69. The highest BCUT2D eigenvalue weighted by Crippen LogP contribution is 2.26. The van der Waals surface area contributed by atoms with E-state index in [2.05, 4.69) is 24.3 Å². The van der Waals surface area contributed by atoms with Gasteiger partial charge in [-0.3, -0.25) is 15.1 Å². The van der Waals surface area contributed by atoms with E-state index in [-0.39, 0.29) is 11.9 Å². The quantitative estimate of drug-likeness (QED) is 0.350. The van der Waals surface area contributed by atoms with Gasteiger partial charge >= 0.3 is 0 Å². The topological polar surface area (TPSA) is 58.4 Å². The SMILES string of the molecule is CC(c1ccccc1Cl)N(C)CCCCC(=O)NN. The number of rotatable bonds is 7. The maximum Gasteiger partial charge on any atom is 0.233 e. The van der Waals surface area contributed by atoms with Crippen molar-refractivity contribution in [2.45, 2.75) is 32.2 Å². The summed E-state index contributed by atoms with van der Waals surface area (Å²) in [5.74, 6) is 4.92. The predicted molar refractivity (Wildman–Crippen MR) is 78.7 cm³/mol. The molecule has 1 aromatic rings. The van der Waals surface area contributed by atoms with Gasteiger partial charge in [-0.05, 0) is 45.0 Å². The highest BCUT2D eigenvalue weighted by molar-refractivity contribution is 6.31. The lowest BCUT2D eigenvalue weighted by Gasteiger charge is -2.25. The van der Waals surface area contributed by atoms with Crippen LogP contribution in [-0.2, 0) is 4.79 Å². The Hall–Kier alpha value is -1.10. The number of nitrogens with zero attached hydrogens (tertiary/aromatic N) is 1. The number of carbonyl (C=O) groups excluding carboxylic acids is 1. The van der Waals surface area contributed by atoms with E-state index in [1.54, 1.807) is 0 Å². The van der Waals surface area contributed by atoms with Crippen molar-refractivity contribution in [3.63, 3.8) is 0 Å². The van der Waals surface area contributed by atoms with Gasteiger partial charge in [-0.25, -0.2) is 5.84 Å². The van der Waals surface area contributed by atoms with Crippen LogP contribution in [-0.4, -0.2) is 24.4 Å². The molecule has 4 nitrogen and oxygen atoms in total. The average Bonchev–Trinajstić information content (AvgIpc) is 2.42. The van der Waals surface area contributed by atoms with Crippen molar-refractivity contribution < 1.29 is 4.79 Å². The Morgan fingerprint density at radius 1 is 1.42 bits per heavy atom. The van der Waals surface area contributed by atoms with Crippen LogP contribution in [0.4, 0.5) is 0 Å². The predicted octanol–water partition coefficient (Wildman–Crippen LogP) is 2.49. The van der Waals surface area contributed by atoms with Crippen molar-refractivity contribution in [1.82, 2.24) is 10.3 Å². The fourth-order valence-electron chi connectivity index (χ4n) is 1.96. The minimum absolute atomic E-state index is 0.109. The molecule has 0 aromatic heterocycles. The van der Waals surface area contributed by atoms with Crippen molar-refractivity contribution in [3.8, 4) is 0 Å². The molecule has 1 unspecified atom stereocenters. The number of hydrogen-bond donors (Lipinski definition) is 2. The molecule has 0 saturated heterocycles. The molecule has 0 fully saturated rings. The molecule has 0 aliphatic carbocycles. The molecule has 0 spiro atoms. The second-order valence-electron chi connectivity index (χ2n) is 4.70. The van der Waals surface area contributed by atoms with Crippen molar-refractivity contribution in [2.24, 2.45) is 5.84 Å². The van der Waals surface area contributed by atoms with E-state index in [1.807, 2.05) is 24.3 Å². The summed E-state index contributed by atoms with van der Waals surface area (Å²) in [6, 6.07) is 8.15. The zero-order valence-electron chi connectivity index (χ0n) is 11.5. The summed E-state index contributed by atoms with van der Waals surface area (Å²) < 4.78 is 0. The Morgan fingerprint density at radius 2 is 2.11 bits per heavy atom. The number of hydrazine groups is 1. The molecule has 1 atom stereocenters. The Labute approximate surface area is 119 Å². The molecule has 19 heavy (non-hydrogen) atoms. The van der Waals surface area contributed by atoms with Gasteiger partial charge in [0.05, 0.1) is 0 Å². The van der Waals surface area contributed by atoms with E-state index in [0.717, 1.165) is 30.0 Å². The first-order valence-corrected chi connectivity index (χ1v) is 6.88. The van der Waals surface area contributed by atoms with Crippen LogP contribution < -0.4 is 11.3 Å². The Morgan fingerprint density at radius 3 is 2.74 bits per heavy atom. The largest absolute Gasteiger partial charge is 0.300 e. The van der Waals surface area contributed by atoms with Crippen molar-refractivity contribution >= 4 is 17.5 Å². The first kappa shape index (κ1) is 16.0. The number of unbranched alkanes of at least 4 members (excludes halogenated alkanes) is 1. The van der Waals surface area contributed by atoms with E-state index in [1.165, 1.54) is 0 Å². The molecule has 5 heteroatoms. The number of amides is 1. The molecule has 0 heterocycles. The Kier molecular flexibility index (Phi) is 6.84. The van der Waals surface area contributed by atoms with Gasteiger partial charge in [0.15, 0.2) is 0 Å². The second-order valence-corrected chi connectivity index (χ2v) is 5.11. The van der Waals surface area contributed by atoms with E-state index in [4.69, 9.17) is 17.4 Å². The van der Waals surface area contributed by atoms with Gasteiger partial charge < -0.3 is 0 Å². The van der Waals surface area contributed by atoms with Crippen LogP contribution in [0.2, 0.25) is 5.02 Å². The maximum absolute atomic E-state index is 11.0. The normalized spacial score (nSPS) is 12.5. The summed E-state index contributed by atoms with van der Waals surface area (Å²) in [4.78, 5) is 13.2. The molecule has 0 bridgehead atoms. The lowest BCUT2D eigenvalue weighted by atomic mass is 10.1. The second kappa shape index (κ2) is 8.15. The number of nitrogens with one attached hydrogen (secondary N) is 1. The molecule has 1 amide bonds. The summed E-state index contributed by atoms with van der Waals surface area (Å²) in [6.45, 7) is 3.05. The molecule has 0 radical (unpaired) electrons. The summed E-state index contributed by atoms with van der Waals surface area (Å²) in [7, 11) is 2.07. The van der Waals surface area contributed by atoms with Gasteiger partial charge in [-0.1, -0.05) is 29.8 Å². The van der Waals surface area contributed by atoms with Gasteiger partial charge in [0, 0.05) is 17.5 Å². The number of nitrogens with two attached hydrogens (primary N) is 1. The molecule has 106 valence electrons. The van der Waals surface area contributed by atoms with Crippen LogP contribution in [0.5, 0.6) is 0 Å². The van der Waals surface area contributed by atoms with E-state index in [0.29, 0.717) is 6.42 Å². The number of hydrogen-bond acceptors (Lipinski definition) is 3. The molecule has 1 rings (SSSR count). The van der Waals surface area contributed by atoms with Crippen molar-refractivity contribution in [2.75, 3.05) is 13.6 Å². The highest BCUT2D eigenvalue weighted by atomic mass is 35.5. The fraction of sp³-hybridized carbons (Fsp3) is 0.500. The monoisotopic (exact) mass is 283 g/mol. The zero-order valence-corrected chi connectivity index (χ0v) is 12.3. The van der Waals surface area contributed by atoms with Crippen LogP contribution in [0.1, 0.15) is 37.8 Å². The molecule has 3 N–H and O–H groups in total. The lowest BCUT2D eigenvalue weighted by Crippen LogP contribution is -2.30. The van der Waals surface area contributed by atoms with Gasteiger partial charge in [-0.15, -0.1) is 0 Å². The molecular formula is C14H22ClN3O. The van der Waals surface area contributed by atoms with Crippen LogP contribution in [0.3, 0.4) is 0 Å². The number of halogens is 1. The smallest absolute Gasteiger partial charge is 0.233 e. The molecule has 0 aliphatic heterocycles. The summed E-state index contributed by atoms with van der Waals surface area (Å²) >= 11 is 6.19. The molecule has 1 aromatic carbocycles. The third-order valence-electron chi connectivity index (χ3n) is 3.34. The lowest BCUT2D eigenvalue weighted by molar-refractivity contribution is -0.121. The molecule has 0 saturated carbocycles. The van der Waals surface area contributed by atoms with Crippen LogP contribution >= 0.6 is 11.6 Å².